The molecule has 5 nitrogen and oxygen atoms in total. The zero-order chi connectivity index (χ0) is 12.1. The number of hydrogen-bond donors (Lipinski definition) is 2. The van der Waals surface area contributed by atoms with E-state index in [0.29, 0.717) is 26.1 Å². The van der Waals surface area contributed by atoms with Gasteiger partial charge in [0, 0.05) is 19.6 Å². The standard InChI is InChI=1S/C10H22N2O3S/c1-3-4-7-16(13,14)12-9-10(2)8-11-5-6-15-10/h11-12H,3-9H2,1-2H3. The first-order chi connectivity index (χ1) is 7.47. The second kappa shape index (κ2) is 5.95. The van der Waals surface area contributed by atoms with Crippen molar-refractivity contribution < 1.29 is 13.2 Å². The van der Waals surface area contributed by atoms with Gasteiger partial charge in [-0.05, 0) is 13.3 Å². The third-order valence-corrected chi connectivity index (χ3v) is 4.07. The fraction of sp³-hybridized carbons (Fsp3) is 1.00. The summed E-state index contributed by atoms with van der Waals surface area (Å²) in [7, 11) is -3.14. The lowest BCUT2D eigenvalue weighted by molar-refractivity contribution is -0.0475. The minimum absolute atomic E-state index is 0.201. The van der Waals surface area contributed by atoms with Gasteiger partial charge in [-0.15, -0.1) is 0 Å². The van der Waals surface area contributed by atoms with Crippen LogP contribution in [0.5, 0.6) is 0 Å². The van der Waals surface area contributed by atoms with Gasteiger partial charge in [0.05, 0.1) is 18.0 Å². The molecule has 6 heteroatoms. The summed E-state index contributed by atoms with van der Waals surface area (Å²) in [5.41, 5.74) is -0.419. The van der Waals surface area contributed by atoms with Gasteiger partial charge in [0.1, 0.15) is 0 Å². The van der Waals surface area contributed by atoms with E-state index in [4.69, 9.17) is 4.74 Å². The number of unbranched alkanes of at least 4 members (excludes halogenated alkanes) is 1. The average Bonchev–Trinajstić information content (AvgIpc) is 2.25. The molecule has 0 aromatic carbocycles. The Balaban J connectivity index is 2.37. The van der Waals surface area contributed by atoms with E-state index >= 15 is 0 Å². The molecule has 1 rings (SSSR count). The number of morpholine rings is 1. The van der Waals surface area contributed by atoms with Crippen molar-refractivity contribution in [1.82, 2.24) is 10.0 Å². The van der Waals surface area contributed by atoms with Crippen LogP contribution in [0.2, 0.25) is 0 Å². The molecule has 1 fully saturated rings. The van der Waals surface area contributed by atoms with Crippen LogP contribution in [-0.4, -0.2) is 46.0 Å². The Hall–Kier alpha value is -0.170. The molecule has 1 aliphatic heterocycles. The van der Waals surface area contributed by atoms with Crippen molar-refractivity contribution in [3.63, 3.8) is 0 Å². The Kier molecular flexibility index (Phi) is 5.17. The number of rotatable bonds is 6. The van der Waals surface area contributed by atoms with E-state index in [9.17, 15) is 8.42 Å². The van der Waals surface area contributed by atoms with Gasteiger partial charge in [0.2, 0.25) is 10.0 Å². The Morgan fingerprint density at radius 3 is 2.81 bits per heavy atom. The van der Waals surface area contributed by atoms with Crippen molar-refractivity contribution >= 4 is 10.0 Å². The first kappa shape index (κ1) is 13.9. The van der Waals surface area contributed by atoms with Gasteiger partial charge in [-0.25, -0.2) is 13.1 Å². The highest BCUT2D eigenvalue weighted by Gasteiger charge is 2.29. The predicted octanol–water partition coefficient (Wildman–Crippen LogP) is 0.0844. The van der Waals surface area contributed by atoms with Crippen molar-refractivity contribution in [2.75, 3.05) is 32.0 Å². The quantitative estimate of drug-likeness (QED) is 0.701. The monoisotopic (exact) mass is 250 g/mol. The molecule has 1 heterocycles. The molecular weight excluding hydrogens is 228 g/mol. The van der Waals surface area contributed by atoms with Crippen LogP contribution >= 0.6 is 0 Å². The van der Waals surface area contributed by atoms with E-state index < -0.39 is 15.6 Å². The Bertz CT molecular complexity index is 297. The molecule has 1 unspecified atom stereocenters. The second-order valence-electron chi connectivity index (χ2n) is 4.47. The first-order valence-electron chi connectivity index (χ1n) is 5.79. The van der Waals surface area contributed by atoms with Crippen LogP contribution in [0.3, 0.4) is 0 Å². The first-order valence-corrected chi connectivity index (χ1v) is 7.45. The molecule has 0 amide bonds. The molecule has 1 aliphatic rings. The lowest BCUT2D eigenvalue weighted by atomic mass is 10.1. The van der Waals surface area contributed by atoms with Crippen LogP contribution in [0, 0.1) is 0 Å². The van der Waals surface area contributed by atoms with Crippen molar-refractivity contribution in [3.8, 4) is 0 Å². The van der Waals surface area contributed by atoms with Gasteiger partial charge in [0.15, 0.2) is 0 Å². The van der Waals surface area contributed by atoms with Gasteiger partial charge >= 0.3 is 0 Å². The number of ether oxygens (including phenoxy) is 1. The van der Waals surface area contributed by atoms with Crippen molar-refractivity contribution in [3.05, 3.63) is 0 Å². The predicted molar refractivity (Wildman–Crippen MR) is 63.9 cm³/mol. The zero-order valence-corrected chi connectivity index (χ0v) is 10.9. The molecule has 0 aliphatic carbocycles. The van der Waals surface area contributed by atoms with Crippen molar-refractivity contribution in [2.45, 2.75) is 32.3 Å². The van der Waals surface area contributed by atoms with Crippen LogP contribution in [0.1, 0.15) is 26.7 Å². The van der Waals surface area contributed by atoms with E-state index in [-0.39, 0.29) is 5.75 Å². The highest BCUT2D eigenvalue weighted by Crippen LogP contribution is 2.11. The SMILES string of the molecule is CCCCS(=O)(=O)NCC1(C)CNCCO1. The maximum Gasteiger partial charge on any atom is 0.211 e. The van der Waals surface area contributed by atoms with Gasteiger partial charge in [-0.1, -0.05) is 13.3 Å². The molecule has 1 atom stereocenters. The summed E-state index contributed by atoms with van der Waals surface area (Å²) >= 11 is 0. The topological polar surface area (TPSA) is 67.4 Å². The lowest BCUT2D eigenvalue weighted by Gasteiger charge is -2.34. The van der Waals surface area contributed by atoms with E-state index in [0.717, 1.165) is 13.0 Å². The molecule has 0 radical (unpaired) electrons. The highest BCUT2D eigenvalue weighted by atomic mass is 32.2. The van der Waals surface area contributed by atoms with Crippen LogP contribution in [0.25, 0.3) is 0 Å². The molecule has 0 aromatic rings. The normalized spacial score (nSPS) is 26.9. The molecular formula is C10H22N2O3S. The van der Waals surface area contributed by atoms with Crippen molar-refractivity contribution in [1.29, 1.82) is 0 Å². The van der Waals surface area contributed by atoms with E-state index in [1.165, 1.54) is 0 Å². The highest BCUT2D eigenvalue weighted by molar-refractivity contribution is 7.89. The van der Waals surface area contributed by atoms with Crippen molar-refractivity contribution in [2.24, 2.45) is 0 Å². The van der Waals surface area contributed by atoms with Gasteiger partial charge in [-0.3, -0.25) is 0 Å². The van der Waals surface area contributed by atoms with Crippen LogP contribution in [-0.2, 0) is 14.8 Å². The van der Waals surface area contributed by atoms with Gasteiger partial charge in [0.25, 0.3) is 0 Å². The summed E-state index contributed by atoms with van der Waals surface area (Å²) in [6, 6.07) is 0. The molecule has 0 bridgehead atoms. The maximum atomic E-state index is 11.6. The third kappa shape index (κ3) is 4.78. The van der Waals surface area contributed by atoms with Crippen LogP contribution < -0.4 is 10.0 Å². The van der Waals surface area contributed by atoms with E-state index in [1.807, 2.05) is 13.8 Å². The summed E-state index contributed by atoms with van der Waals surface area (Å²) in [5.74, 6) is 0.201. The summed E-state index contributed by atoms with van der Waals surface area (Å²) in [5, 5.41) is 3.19. The Labute approximate surface area is 98.0 Å². The largest absolute Gasteiger partial charge is 0.371 e. The van der Waals surface area contributed by atoms with Crippen LogP contribution in [0.4, 0.5) is 0 Å². The Morgan fingerprint density at radius 2 is 2.25 bits per heavy atom. The lowest BCUT2D eigenvalue weighted by Crippen LogP contribution is -2.54. The molecule has 2 N–H and O–H groups in total. The summed E-state index contributed by atoms with van der Waals surface area (Å²) in [6.45, 7) is 6.38. The van der Waals surface area contributed by atoms with Gasteiger partial charge < -0.3 is 10.1 Å². The fourth-order valence-electron chi connectivity index (χ4n) is 1.56. The zero-order valence-electron chi connectivity index (χ0n) is 10.1. The smallest absolute Gasteiger partial charge is 0.211 e. The summed E-state index contributed by atoms with van der Waals surface area (Å²) in [4.78, 5) is 0. The Morgan fingerprint density at radius 1 is 1.50 bits per heavy atom. The number of sulfonamides is 1. The third-order valence-electron chi connectivity index (χ3n) is 2.66. The molecule has 0 aromatic heterocycles. The minimum Gasteiger partial charge on any atom is -0.371 e. The van der Waals surface area contributed by atoms with Crippen LogP contribution in [0.15, 0.2) is 0 Å². The molecule has 16 heavy (non-hydrogen) atoms. The van der Waals surface area contributed by atoms with E-state index in [1.54, 1.807) is 0 Å². The summed E-state index contributed by atoms with van der Waals surface area (Å²) < 4.78 is 31.4. The molecule has 0 spiro atoms. The van der Waals surface area contributed by atoms with Gasteiger partial charge in [-0.2, -0.15) is 0 Å². The second-order valence-corrected chi connectivity index (χ2v) is 6.40. The molecule has 96 valence electrons. The number of nitrogens with one attached hydrogen (secondary N) is 2. The minimum atomic E-state index is -3.14. The number of hydrogen-bond acceptors (Lipinski definition) is 4. The van der Waals surface area contributed by atoms with E-state index in [2.05, 4.69) is 10.0 Å². The molecule has 1 saturated heterocycles. The fourth-order valence-corrected chi connectivity index (χ4v) is 2.89. The average molecular weight is 250 g/mol. The maximum absolute atomic E-state index is 11.6. The molecule has 0 saturated carbocycles. The summed E-state index contributed by atoms with van der Waals surface area (Å²) in [6.07, 6.45) is 1.58.